The maximum Gasteiger partial charge on any atom is 0.245 e. The summed E-state index contributed by atoms with van der Waals surface area (Å²) in [5, 5.41) is 10.6. The lowest BCUT2D eigenvalue weighted by Gasteiger charge is -2.36. The second-order valence-electron chi connectivity index (χ2n) is 5.66. The van der Waals surface area contributed by atoms with Gasteiger partial charge in [0.2, 0.25) is 5.95 Å². The smallest absolute Gasteiger partial charge is 0.245 e. The number of aromatic nitrogens is 4. The molecule has 7 heteroatoms. The highest BCUT2D eigenvalue weighted by atomic mass is 19.1. The molecular weight excluding hydrogens is 271 g/mol. The van der Waals surface area contributed by atoms with E-state index in [4.69, 9.17) is 0 Å². The zero-order valence-corrected chi connectivity index (χ0v) is 11.6. The summed E-state index contributed by atoms with van der Waals surface area (Å²) in [7, 11) is 0. The van der Waals surface area contributed by atoms with Crippen molar-refractivity contribution in [3.05, 3.63) is 24.3 Å². The maximum absolute atomic E-state index is 13.8. The standard InChI is InChI=1S/C14H17FN6/c15-11-7-16-4-3-10(11)13-18-14(20-19-13)21-5-1-2-9-6-17-8-12(9)21/h3-4,7,9,12,17H,1-2,5-6,8H2,(H,18,19,20). The van der Waals surface area contributed by atoms with Crippen LogP contribution in [-0.4, -0.2) is 45.8 Å². The van der Waals surface area contributed by atoms with Crippen molar-refractivity contribution in [3.63, 3.8) is 0 Å². The van der Waals surface area contributed by atoms with Crippen molar-refractivity contribution in [1.82, 2.24) is 25.5 Å². The number of piperidine rings is 1. The number of fused-ring (bicyclic) bond motifs is 1. The Morgan fingerprint density at radius 1 is 1.33 bits per heavy atom. The summed E-state index contributed by atoms with van der Waals surface area (Å²) in [5.74, 6) is 1.40. The molecule has 0 aliphatic carbocycles. The molecule has 2 saturated heterocycles. The Bertz CT molecular complexity index is 642. The Labute approximate surface area is 121 Å². The van der Waals surface area contributed by atoms with Gasteiger partial charge in [0.05, 0.1) is 11.8 Å². The van der Waals surface area contributed by atoms with Crippen molar-refractivity contribution in [2.45, 2.75) is 18.9 Å². The molecule has 2 unspecified atom stereocenters. The predicted octanol–water partition coefficient (Wildman–Crippen LogP) is 1.19. The Hall–Kier alpha value is -2.02. The number of halogens is 1. The molecule has 21 heavy (non-hydrogen) atoms. The van der Waals surface area contributed by atoms with E-state index in [1.165, 1.54) is 12.6 Å². The Morgan fingerprint density at radius 2 is 2.29 bits per heavy atom. The fourth-order valence-corrected chi connectivity index (χ4v) is 3.39. The minimum absolute atomic E-state index is 0.390. The van der Waals surface area contributed by atoms with Crippen LogP contribution in [0.25, 0.3) is 11.4 Å². The van der Waals surface area contributed by atoms with Crippen molar-refractivity contribution in [3.8, 4) is 11.4 Å². The van der Waals surface area contributed by atoms with E-state index >= 15 is 0 Å². The van der Waals surface area contributed by atoms with Crippen LogP contribution in [0.4, 0.5) is 10.3 Å². The first-order chi connectivity index (χ1) is 10.3. The van der Waals surface area contributed by atoms with E-state index in [9.17, 15) is 4.39 Å². The molecule has 0 aromatic carbocycles. The van der Waals surface area contributed by atoms with Gasteiger partial charge in [-0.05, 0) is 24.8 Å². The van der Waals surface area contributed by atoms with E-state index in [0.29, 0.717) is 29.3 Å². The third-order valence-electron chi connectivity index (χ3n) is 4.44. The monoisotopic (exact) mass is 288 g/mol. The Balaban J connectivity index is 1.64. The Morgan fingerprint density at radius 3 is 3.19 bits per heavy atom. The number of rotatable bonds is 2. The van der Waals surface area contributed by atoms with Crippen LogP contribution in [0.1, 0.15) is 12.8 Å². The lowest BCUT2D eigenvalue weighted by molar-refractivity contribution is 0.381. The molecule has 4 rings (SSSR count). The minimum atomic E-state index is -0.390. The summed E-state index contributed by atoms with van der Waals surface area (Å²) in [6.45, 7) is 2.99. The second kappa shape index (κ2) is 5.07. The van der Waals surface area contributed by atoms with Crippen LogP contribution >= 0.6 is 0 Å². The van der Waals surface area contributed by atoms with Gasteiger partial charge in [0.15, 0.2) is 11.6 Å². The first-order valence-electron chi connectivity index (χ1n) is 7.32. The molecule has 0 spiro atoms. The average molecular weight is 288 g/mol. The summed E-state index contributed by atoms with van der Waals surface area (Å²) in [6, 6.07) is 2.06. The molecule has 2 atom stereocenters. The molecular formula is C14H17FN6. The van der Waals surface area contributed by atoms with Crippen LogP contribution in [0.3, 0.4) is 0 Å². The quantitative estimate of drug-likeness (QED) is 0.869. The van der Waals surface area contributed by atoms with Crippen molar-refractivity contribution in [2.24, 2.45) is 5.92 Å². The van der Waals surface area contributed by atoms with Crippen LogP contribution in [0, 0.1) is 11.7 Å². The minimum Gasteiger partial charge on any atom is -0.335 e. The summed E-state index contributed by atoms with van der Waals surface area (Å²) < 4.78 is 13.8. The van der Waals surface area contributed by atoms with Gasteiger partial charge in [0.25, 0.3) is 0 Å². The molecule has 2 aliphatic heterocycles. The highest BCUT2D eigenvalue weighted by molar-refractivity contribution is 5.56. The molecule has 110 valence electrons. The van der Waals surface area contributed by atoms with Gasteiger partial charge in [0.1, 0.15) is 0 Å². The number of hydrogen-bond acceptors (Lipinski definition) is 5. The number of nitrogens with one attached hydrogen (secondary N) is 2. The molecule has 0 bridgehead atoms. The molecule has 0 radical (unpaired) electrons. The van der Waals surface area contributed by atoms with Gasteiger partial charge >= 0.3 is 0 Å². The lowest BCUT2D eigenvalue weighted by Crippen LogP contribution is -2.45. The van der Waals surface area contributed by atoms with Crippen molar-refractivity contribution < 1.29 is 4.39 Å². The van der Waals surface area contributed by atoms with E-state index in [0.717, 1.165) is 26.1 Å². The van der Waals surface area contributed by atoms with E-state index < -0.39 is 0 Å². The molecule has 2 N–H and O–H groups in total. The van der Waals surface area contributed by atoms with Gasteiger partial charge in [-0.25, -0.2) is 4.39 Å². The zero-order valence-electron chi connectivity index (χ0n) is 11.6. The number of pyridine rings is 1. The predicted molar refractivity (Wildman–Crippen MR) is 76.3 cm³/mol. The normalized spacial score (nSPS) is 25.1. The SMILES string of the molecule is Fc1cnccc1-c1nc(N2CCCC3CNCC32)n[nH]1. The highest BCUT2D eigenvalue weighted by Crippen LogP contribution is 2.30. The van der Waals surface area contributed by atoms with E-state index in [1.54, 1.807) is 12.3 Å². The fraction of sp³-hybridized carbons (Fsp3) is 0.500. The summed E-state index contributed by atoms with van der Waals surface area (Å²) in [5.41, 5.74) is 0.404. The van der Waals surface area contributed by atoms with Crippen molar-refractivity contribution in [1.29, 1.82) is 0 Å². The third kappa shape index (κ3) is 2.17. The topological polar surface area (TPSA) is 69.7 Å². The number of nitrogens with zero attached hydrogens (tertiary/aromatic N) is 4. The van der Waals surface area contributed by atoms with Crippen LogP contribution in [0.5, 0.6) is 0 Å². The van der Waals surface area contributed by atoms with Crippen LogP contribution < -0.4 is 10.2 Å². The summed E-state index contributed by atoms with van der Waals surface area (Å²) >= 11 is 0. The second-order valence-corrected chi connectivity index (χ2v) is 5.66. The largest absolute Gasteiger partial charge is 0.335 e. The van der Waals surface area contributed by atoms with E-state index in [2.05, 4.69) is 30.4 Å². The molecule has 2 aromatic rings. The van der Waals surface area contributed by atoms with Gasteiger partial charge in [-0.3, -0.25) is 10.1 Å². The van der Waals surface area contributed by atoms with Gasteiger partial charge in [-0.2, -0.15) is 4.98 Å². The summed E-state index contributed by atoms with van der Waals surface area (Å²) in [6.07, 6.45) is 5.15. The molecule has 6 nitrogen and oxygen atoms in total. The van der Waals surface area contributed by atoms with E-state index in [-0.39, 0.29) is 5.82 Å². The third-order valence-corrected chi connectivity index (χ3v) is 4.44. The van der Waals surface area contributed by atoms with Crippen molar-refractivity contribution in [2.75, 3.05) is 24.5 Å². The molecule has 0 saturated carbocycles. The zero-order chi connectivity index (χ0) is 14.2. The molecule has 2 fully saturated rings. The maximum atomic E-state index is 13.8. The lowest BCUT2D eigenvalue weighted by atomic mass is 9.92. The number of aromatic amines is 1. The van der Waals surface area contributed by atoms with Crippen LogP contribution in [-0.2, 0) is 0 Å². The van der Waals surface area contributed by atoms with Gasteiger partial charge in [-0.1, -0.05) is 0 Å². The Kier molecular flexibility index (Phi) is 3.07. The number of H-pyrrole nitrogens is 1. The first kappa shape index (κ1) is 12.7. The van der Waals surface area contributed by atoms with Crippen molar-refractivity contribution >= 4 is 5.95 Å². The molecule has 2 aromatic heterocycles. The summed E-state index contributed by atoms with van der Waals surface area (Å²) in [4.78, 5) is 10.5. The van der Waals surface area contributed by atoms with Gasteiger partial charge in [-0.15, -0.1) is 5.10 Å². The number of anilines is 1. The molecule has 0 amide bonds. The average Bonchev–Trinajstić information content (AvgIpc) is 3.16. The number of hydrogen-bond donors (Lipinski definition) is 2. The molecule has 2 aliphatic rings. The van der Waals surface area contributed by atoms with Gasteiger partial charge in [0, 0.05) is 31.9 Å². The van der Waals surface area contributed by atoms with Crippen LogP contribution in [0.15, 0.2) is 18.5 Å². The fourth-order valence-electron chi connectivity index (χ4n) is 3.39. The van der Waals surface area contributed by atoms with Crippen LogP contribution in [0.2, 0.25) is 0 Å². The molecule has 4 heterocycles. The van der Waals surface area contributed by atoms with Gasteiger partial charge < -0.3 is 10.2 Å². The highest BCUT2D eigenvalue weighted by Gasteiger charge is 2.36. The van der Waals surface area contributed by atoms with E-state index in [1.807, 2.05) is 0 Å². The first-order valence-corrected chi connectivity index (χ1v) is 7.32.